The Balaban J connectivity index is 2.14. The van der Waals surface area contributed by atoms with E-state index in [-0.39, 0.29) is 11.6 Å². The number of hydrogen-bond donors (Lipinski definition) is 3. The highest BCUT2D eigenvalue weighted by Gasteiger charge is 2.08. The van der Waals surface area contributed by atoms with Crippen molar-refractivity contribution in [3.63, 3.8) is 0 Å². The third kappa shape index (κ3) is 2.93. The molecule has 6 nitrogen and oxygen atoms in total. The lowest BCUT2D eigenvalue weighted by atomic mass is 10.3. The highest BCUT2D eigenvalue weighted by atomic mass is 35.5. The Kier molecular flexibility index (Phi) is 3.71. The monoisotopic (exact) mass is 263 g/mol. The third-order valence-electron chi connectivity index (χ3n) is 2.12. The van der Waals surface area contributed by atoms with Gasteiger partial charge in [0.05, 0.1) is 12.4 Å². The first-order chi connectivity index (χ1) is 8.69. The Bertz CT molecular complexity index is 558. The number of hydrazine groups is 1. The topological polar surface area (TPSA) is 92.9 Å². The first-order valence-corrected chi connectivity index (χ1v) is 5.42. The minimum Gasteiger partial charge on any atom is -0.321 e. The van der Waals surface area contributed by atoms with Gasteiger partial charge in [0, 0.05) is 10.7 Å². The molecule has 0 bridgehead atoms. The third-order valence-corrected chi connectivity index (χ3v) is 2.37. The second-order valence-corrected chi connectivity index (χ2v) is 3.83. The first kappa shape index (κ1) is 12.3. The largest absolute Gasteiger partial charge is 0.321 e. The van der Waals surface area contributed by atoms with E-state index in [0.717, 1.165) is 0 Å². The smallest absolute Gasteiger partial charge is 0.275 e. The second kappa shape index (κ2) is 5.44. The number of nitrogen functional groups attached to an aromatic ring is 1. The summed E-state index contributed by atoms with van der Waals surface area (Å²) >= 11 is 5.75. The van der Waals surface area contributed by atoms with Gasteiger partial charge in [0.15, 0.2) is 5.82 Å². The minimum absolute atomic E-state index is 0.167. The molecule has 0 atom stereocenters. The Labute approximate surface area is 108 Å². The van der Waals surface area contributed by atoms with Crippen molar-refractivity contribution in [2.24, 2.45) is 5.84 Å². The summed E-state index contributed by atoms with van der Waals surface area (Å²) in [5.41, 5.74) is 3.11. The van der Waals surface area contributed by atoms with Crippen LogP contribution in [0.15, 0.2) is 36.7 Å². The lowest BCUT2D eigenvalue weighted by Crippen LogP contribution is -2.16. The summed E-state index contributed by atoms with van der Waals surface area (Å²) in [4.78, 5) is 19.7. The molecule has 0 spiro atoms. The number of carbonyl (C=O) groups is 1. The van der Waals surface area contributed by atoms with Gasteiger partial charge in [0.25, 0.3) is 5.91 Å². The molecule has 0 aliphatic heterocycles. The first-order valence-electron chi connectivity index (χ1n) is 5.04. The molecule has 4 N–H and O–H groups in total. The van der Waals surface area contributed by atoms with E-state index in [1.165, 1.54) is 12.4 Å². The molecule has 18 heavy (non-hydrogen) atoms. The summed E-state index contributed by atoms with van der Waals surface area (Å²) in [5.74, 6) is 5.13. The number of nitrogens with two attached hydrogens (primary N) is 1. The van der Waals surface area contributed by atoms with E-state index in [2.05, 4.69) is 20.7 Å². The average Bonchev–Trinajstić information content (AvgIpc) is 2.41. The molecule has 92 valence electrons. The fourth-order valence-electron chi connectivity index (χ4n) is 1.27. The Morgan fingerprint density at radius 1 is 1.22 bits per heavy atom. The maximum Gasteiger partial charge on any atom is 0.275 e. The number of nitrogens with one attached hydrogen (secondary N) is 2. The van der Waals surface area contributed by atoms with Gasteiger partial charge in [-0.3, -0.25) is 9.78 Å². The van der Waals surface area contributed by atoms with Crippen molar-refractivity contribution >= 4 is 29.0 Å². The van der Waals surface area contributed by atoms with Crippen molar-refractivity contribution < 1.29 is 4.79 Å². The van der Waals surface area contributed by atoms with E-state index < -0.39 is 0 Å². The lowest BCUT2D eigenvalue weighted by molar-refractivity contribution is 0.102. The van der Waals surface area contributed by atoms with E-state index in [9.17, 15) is 4.79 Å². The van der Waals surface area contributed by atoms with Crippen LogP contribution in [0, 0.1) is 0 Å². The number of hydrogen-bond acceptors (Lipinski definition) is 5. The van der Waals surface area contributed by atoms with Gasteiger partial charge in [-0.15, -0.1) is 0 Å². The molecule has 0 saturated carbocycles. The lowest BCUT2D eigenvalue weighted by Gasteiger charge is -2.05. The minimum atomic E-state index is -0.373. The van der Waals surface area contributed by atoms with Crippen molar-refractivity contribution in [1.29, 1.82) is 0 Å². The Morgan fingerprint density at radius 2 is 1.94 bits per heavy atom. The fraction of sp³-hybridized carbons (Fsp3) is 0. The number of amides is 1. The van der Waals surface area contributed by atoms with Crippen LogP contribution in [0.5, 0.6) is 0 Å². The van der Waals surface area contributed by atoms with Crippen LogP contribution in [-0.4, -0.2) is 15.9 Å². The summed E-state index contributed by atoms with van der Waals surface area (Å²) in [7, 11) is 0. The van der Waals surface area contributed by atoms with Crippen molar-refractivity contribution in [3.05, 3.63) is 47.4 Å². The number of rotatable bonds is 3. The number of carbonyl (C=O) groups excluding carboxylic acids is 1. The molecule has 0 aliphatic carbocycles. The number of aromatic nitrogens is 2. The van der Waals surface area contributed by atoms with Gasteiger partial charge in [-0.1, -0.05) is 11.6 Å². The average molecular weight is 264 g/mol. The summed E-state index contributed by atoms with van der Waals surface area (Å²) in [6.45, 7) is 0. The predicted octanol–water partition coefficient (Wildman–Crippen LogP) is 1.67. The standard InChI is InChI=1S/C11H10ClN5O/c12-7-1-3-8(4-2-7)15-11(18)9-5-14-6-10(16-9)17-13/h1-6H,13H2,(H,15,18)(H,16,17). The van der Waals surface area contributed by atoms with Crippen molar-refractivity contribution in [2.45, 2.75) is 0 Å². The molecule has 1 aromatic carbocycles. The zero-order valence-corrected chi connectivity index (χ0v) is 9.98. The molecule has 1 heterocycles. The number of benzene rings is 1. The van der Waals surface area contributed by atoms with Gasteiger partial charge < -0.3 is 10.7 Å². The van der Waals surface area contributed by atoms with Gasteiger partial charge in [-0.05, 0) is 24.3 Å². The van der Waals surface area contributed by atoms with Crippen LogP contribution in [-0.2, 0) is 0 Å². The Morgan fingerprint density at radius 3 is 2.61 bits per heavy atom. The molecular formula is C11H10ClN5O. The van der Waals surface area contributed by atoms with Gasteiger partial charge in [0.1, 0.15) is 5.69 Å². The molecule has 7 heteroatoms. The maximum atomic E-state index is 11.9. The summed E-state index contributed by atoms with van der Waals surface area (Å²) < 4.78 is 0. The van der Waals surface area contributed by atoms with Crippen LogP contribution in [0.1, 0.15) is 10.5 Å². The van der Waals surface area contributed by atoms with Gasteiger partial charge >= 0.3 is 0 Å². The molecule has 1 amide bonds. The summed E-state index contributed by atoms with van der Waals surface area (Å²) in [6.07, 6.45) is 2.77. The zero-order valence-electron chi connectivity index (χ0n) is 9.22. The maximum absolute atomic E-state index is 11.9. The molecular weight excluding hydrogens is 254 g/mol. The van der Waals surface area contributed by atoms with Gasteiger partial charge in [-0.25, -0.2) is 10.8 Å². The van der Waals surface area contributed by atoms with Crippen LogP contribution in [0.4, 0.5) is 11.5 Å². The van der Waals surface area contributed by atoms with Crippen molar-refractivity contribution in [3.8, 4) is 0 Å². The molecule has 0 aliphatic rings. The molecule has 0 fully saturated rings. The van der Waals surface area contributed by atoms with E-state index >= 15 is 0 Å². The number of anilines is 2. The van der Waals surface area contributed by atoms with E-state index in [1.807, 2.05) is 0 Å². The normalized spacial score (nSPS) is 9.89. The van der Waals surface area contributed by atoms with Crippen LogP contribution in [0.25, 0.3) is 0 Å². The summed E-state index contributed by atoms with van der Waals surface area (Å²) in [5, 5.41) is 3.27. The van der Waals surface area contributed by atoms with Crippen LogP contribution < -0.4 is 16.6 Å². The van der Waals surface area contributed by atoms with E-state index in [4.69, 9.17) is 17.4 Å². The van der Waals surface area contributed by atoms with E-state index in [1.54, 1.807) is 24.3 Å². The molecule has 0 saturated heterocycles. The van der Waals surface area contributed by atoms with E-state index in [0.29, 0.717) is 16.5 Å². The summed E-state index contributed by atoms with van der Waals surface area (Å²) in [6, 6.07) is 6.75. The van der Waals surface area contributed by atoms with Gasteiger partial charge in [-0.2, -0.15) is 0 Å². The molecule has 2 aromatic rings. The zero-order chi connectivity index (χ0) is 13.0. The fourth-order valence-corrected chi connectivity index (χ4v) is 1.40. The SMILES string of the molecule is NNc1cncc(C(=O)Nc2ccc(Cl)cc2)n1. The van der Waals surface area contributed by atoms with Crippen molar-refractivity contribution in [2.75, 3.05) is 10.7 Å². The van der Waals surface area contributed by atoms with Crippen LogP contribution >= 0.6 is 11.6 Å². The number of nitrogens with zero attached hydrogens (tertiary/aromatic N) is 2. The molecule has 2 rings (SSSR count). The highest BCUT2D eigenvalue weighted by Crippen LogP contribution is 2.14. The van der Waals surface area contributed by atoms with Crippen LogP contribution in [0.3, 0.4) is 0 Å². The van der Waals surface area contributed by atoms with Crippen LogP contribution in [0.2, 0.25) is 5.02 Å². The van der Waals surface area contributed by atoms with Gasteiger partial charge in [0.2, 0.25) is 0 Å². The second-order valence-electron chi connectivity index (χ2n) is 3.39. The number of halogens is 1. The highest BCUT2D eigenvalue weighted by molar-refractivity contribution is 6.30. The molecule has 0 radical (unpaired) electrons. The molecule has 0 unspecified atom stereocenters. The quantitative estimate of drug-likeness (QED) is 0.579. The Hall–Kier alpha value is -2.18. The molecule has 1 aromatic heterocycles. The van der Waals surface area contributed by atoms with Crippen molar-refractivity contribution in [1.82, 2.24) is 9.97 Å². The predicted molar refractivity (Wildman–Crippen MR) is 69.2 cm³/mol.